The van der Waals surface area contributed by atoms with Gasteiger partial charge in [0.25, 0.3) is 0 Å². The second kappa shape index (κ2) is 11.8. The summed E-state index contributed by atoms with van der Waals surface area (Å²) in [5.41, 5.74) is 4.22. The summed E-state index contributed by atoms with van der Waals surface area (Å²) in [4.78, 5) is 32.4. The van der Waals surface area contributed by atoms with Gasteiger partial charge in [-0.1, -0.05) is 43.5 Å². The Morgan fingerprint density at radius 2 is 1.68 bits per heavy atom. The Morgan fingerprint density at radius 3 is 2.32 bits per heavy atom. The third-order valence-corrected chi connectivity index (χ3v) is 6.79. The molecule has 0 saturated heterocycles. The van der Waals surface area contributed by atoms with Crippen molar-refractivity contribution in [3.63, 3.8) is 0 Å². The van der Waals surface area contributed by atoms with Gasteiger partial charge in [0.1, 0.15) is 5.82 Å². The van der Waals surface area contributed by atoms with E-state index in [1.807, 2.05) is 49.3 Å². The first-order valence-electron chi connectivity index (χ1n) is 12.6. The smallest absolute Gasteiger partial charge is 0.328 e. The number of carboxylic acids is 1. The van der Waals surface area contributed by atoms with Crippen molar-refractivity contribution in [1.29, 1.82) is 0 Å². The fraction of sp³-hybridized carbons (Fsp3) is 0.300. The van der Waals surface area contributed by atoms with Crippen LogP contribution in [-0.4, -0.2) is 36.1 Å². The van der Waals surface area contributed by atoms with E-state index in [9.17, 15) is 9.59 Å². The van der Waals surface area contributed by atoms with Crippen LogP contribution in [-0.2, 0) is 16.1 Å². The molecule has 6 nitrogen and oxygen atoms in total. The quantitative estimate of drug-likeness (QED) is 0.374. The van der Waals surface area contributed by atoms with Crippen LogP contribution in [0.5, 0.6) is 0 Å². The van der Waals surface area contributed by atoms with Crippen molar-refractivity contribution in [2.75, 3.05) is 23.9 Å². The van der Waals surface area contributed by atoms with Gasteiger partial charge in [-0.2, -0.15) is 0 Å². The molecule has 1 aliphatic rings. The predicted octanol–water partition coefficient (Wildman–Crippen LogP) is 6.17. The molecule has 1 heterocycles. The van der Waals surface area contributed by atoms with Crippen molar-refractivity contribution in [3.05, 3.63) is 83.9 Å². The van der Waals surface area contributed by atoms with Gasteiger partial charge >= 0.3 is 5.97 Å². The van der Waals surface area contributed by atoms with Crippen molar-refractivity contribution in [2.24, 2.45) is 5.92 Å². The van der Waals surface area contributed by atoms with Crippen LogP contribution in [0.3, 0.4) is 0 Å². The highest BCUT2D eigenvalue weighted by molar-refractivity contribution is 5.95. The third kappa shape index (κ3) is 6.61. The van der Waals surface area contributed by atoms with Crippen molar-refractivity contribution in [3.8, 4) is 11.1 Å². The maximum atomic E-state index is 15.4. The maximum absolute atomic E-state index is 15.4. The molecule has 0 unspecified atom stereocenters. The molecule has 1 aliphatic carbocycles. The normalized spacial score (nSPS) is 14.0. The molecule has 0 atom stereocenters. The molecule has 1 aromatic heterocycles. The van der Waals surface area contributed by atoms with Crippen LogP contribution in [0, 0.1) is 11.7 Å². The predicted molar refractivity (Wildman–Crippen MR) is 145 cm³/mol. The third-order valence-electron chi connectivity index (χ3n) is 6.79. The number of carboxylic acid groups (broad SMARTS) is 1. The Labute approximate surface area is 217 Å². The molecule has 0 radical (unpaired) electrons. The van der Waals surface area contributed by atoms with Gasteiger partial charge in [0, 0.05) is 43.5 Å². The monoisotopic (exact) mass is 501 g/mol. The molecule has 0 aliphatic heterocycles. The van der Waals surface area contributed by atoms with E-state index in [4.69, 9.17) is 5.11 Å². The lowest BCUT2D eigenvalue weighted by molar-refractivity contribution is -0.131. The van der Waals surface area contributed by atoms with E-state index in [0.717, 1.165) is 55.0 Å². The van der Waals surface area contributed by atoms with E-state index in [-0.39, 0.29) is 24.2 Å². The van der Waals surface area contributed by atoms with Gasteiger partial charge in [-0.3, -0.25) is 9.78 Å². The second-order valence-corrected chi connectivity index (χ2v) is 9.65. The Balaban J connectivity index is 1.63. The standard InChI is InChI=1S/C30H32FN3O3/c1-33(2)26-13-11-22(12-14-26)24-9-10-25(28(31)17-24)20-34(30(37)23-6-4-3-5-7-23)27-16-21(18-32-19-27)8-15-29(35)36/h8-19,23H,3-7,20H2,1-2H3,(H,35,36). The summed E-state index contributed by atoms with van der Waals surface area (Å²) in [6, 6.07) is 14.7. The molecular formula is C30H32FN3O3. The number of hydrogen-bond donors (Lipinski definition) is 1. The Bertz CT molecular complexity index is 1280. The molecule has 0 spiro atoms. The number of carbonyl (C=O) groups excluding carboxylic acids is 1. The molecule has 1 saturated carbocycles. The Hall–Kier alpha value is -4.00. The average Bonchev–Trinajstić information content (AvgIpc) is 2.91. The minimum atomic E-state index is -1.07. The SMILES string of the molecule is CN(C)c1ccc(-c2ccc(CN(C(=O)C3CCCCC3)c3cncc(C=CC(=O)O)c3)c(F)c2)cc1. The van der Waals surface area contributed by atoms with Crippen LogP contribution in [0.25, 0.3) is 17.2 Å². The van der Waals surface area contributed by atoms with E-state index in [1.165, 1.54) is 18.3 Å². The maximum Gasteiger partial charge on any atom is 0.328 e. The molecule has 7 heteroatoms. The van der Waals surface area contributed by atoms with E-state index in [0.29, 0.717) is 16.8 Å². The molecule has 1 fully saturated rings. The zero-order chi connectivity index (χ0) is 26.4. The van der Waals surface area contributed by atoms with Gasteiger partial charge in [-0.25, -0.2) is 9.18 Å². The fourth-order valence-corrected chi connectivity index (χ4v) is 4.70. The number of aromatic nitrogens is 1. The molecule has 3 aromatic rings. The summed E-state index contributed by atoms with van der Waals surface area (Å²) < 4.78 is 15.4. The van der Waals surface area contributed by atoms with E-state index in [2.05, 4.69) is 4.98 Å². The Morgan fingerprint density at radius 1 is 0.973 bits per heavy atom. The van der Waals surface area contributed by atoms with Gasteiger partial charge in [-0.05, 0) is 59.9 Å². The first-order valence-corrected chi connectivity index (χ1v) is 12.6. The van der Waals surface area contributed by atoms with Gasteiger partial charge in [0.15, 0.2) is 0 Å². The van der Waals surface area contributed by atoms with Gasteiger partial charge in [0.05, 0.1) is 18.4 Å². The van der Waals surface area contributed by atoms with Crippen LogP contribution >= 0.6 is 0 Å². The van der Waals surface area contributed by atoms with Crippen LogP contribution in [0.1, 0.15) is 43.2 Å². The summed E-state index contributed by atoms with van der Waals surface area (Å²) >= 11 is 0. The van der Waals surface area contributed by atoms with Crippen LogP contribution in [0.4, 0.5) is 15.8 Å². The molecule has 192 valence electrons. The number of anilines is 2. The van der Waals surface area contributed by atoms with Crippen molar-refractivity contribution < 1.29 is 19.1 Å². The molecular weight excluding hydrogens is 469 g/mol. The second-order valence-electron chi connectivity index (χ2n) is 9.65. The van der Waals surface area contributed by atoms with Crippen LogP contribution in [0.15, 0.2) is 67.0 Å². The highest BCUT2D eigenvalue weighted by Gasteiger charge is 2.28. The van der Waals surface area contributed by atoms with E-state index < -0.39 is 5.97 Å². The fourth-order valence-electron chi connectivity index (χ4n) is 4.70. The molecule has 37 heavy (non-hydrogen) atoms. The number of aliphatic carboxylic acids is 1. The lowest BCUT2D eigenvalue weighted by Crippen LogP contribution is -2.37. The molecule has 2 aromatic carbocycles. The van der Waals surface area contributed by atoms with E-state index >= 15 is 4.39 Å². The van der Waals surface area contributed by atoms with Crippen LogP contribution < -0.4 is 9.80 Å². The minimum Gasteiger partial charge on any atom is -0.478 e. The van der Waals surface area contributed by atoms with Crippen molar-refractivity contribution >= 4 is 29.3 Å². The van der Waals surface area contributed by atoms with Crippen molar-refractivity contribution in [2.45, 2.75) is 38.6 Å². The number of rotatable bonds is 8. The number of halogens is 1. The Kier molecular flexibility index (Phi) is 8.33. The summed E-state index contributed by atoms with van der Waals surface area (Å²) in [6.07, 6.45) is 10.3. The number of nitrogens with zero attached hydrogens (tertiary/aromatic N) is 3. The zero-order valence-electron chi connectivity index (χ0n) is 21.2. The van der Waals surface area contributed by atoms with Gasteiger partial charge < -0.3 is 14.9 Å². The molecule has 1 amide bonds. The topological polar surface area (TPSA) is 73.7 Å². The number of carbonyl (C=O) groups is 2. The van der Waals surface area contributed by atoms with Crippen LogP contribution in [0.2, 0.25) is 0 Å². The molecule has 0 bridgehead atoms. The van der Waals surface area contributed by atoms with E-state index in [1.54, 1.807) is 23.2 Å². The minimum absolute atomic E-state index is 0.0522. The number of hydrogen-bond acceptors (Lipinski definition) is 4. The highest BCUT2D eigenvalue weighted by Crippen LogP contribution is 2.30. The molecule has 1 N–H and O–H groups in total. The van der Waals surface area contributed by atoms with Gasteiger partial charge in [0.2, 0.25) is 5.91 Å². The first kappa shape index (κ1) is 26.1. The summed E-state index contributed by atoms with van der Waals surface area (Å²) in [5, 5.41) is 8.96. The van der Waals surface area contributed by atoms with Gasteiger partial charge in [-0.15, -0.1) is 0 Å². The lowest BCUT2D eigenvalue weighted by Gasteiger charge is -2.29. The average molecular weight is 502 g/mol. The number of pyridine rings is 1. The van der Waals surface area contributed by atoms with Crippen molar-refractivity contribution in [1.82, 2.24) is 4.98 Å². The highest BCUT2D eigenvalue weighted by atomic mass is 19.1. The summed E-state index contributed by atoms with van der Waals surface area (Å²) in [6.45, 7) is 0.0643. The largest absolute Gasteiger partial charge is 0.478 e. The first-order chi connectivity index (χ1) is 17.8. The summed E-state index contributed by atoms with van der Waals surface area (Å²) in [5.74, 6) is -1.63. The number of amides is 1. The molecule has 4 rings (SSSR count). The zero-order valence-corrected chi connectivity index (χ0v) is 21.2. The lowest BCUT2D eigenvalue weighted by atomic mass is 9.88. The number of benzene rings is 2. The summed E-state index contributed by atoms with van der Waals surface area (Å²) in [7, 11) is 3.94.